The number of aryl methyl sites for hydroxylation is 2. The standard InChI is InChI=1S/C34H57N5O3/c1-22(2)27(21-25(5)31(41)39-18-16-37(12)17-19-39)38(13)32(42)29(33(6,7)8)36-30(40)28(35-11)34(9,10)26-15-14-23(3)24(4)20-26/h14-15,20-22,27-29,35H,16-19H2,1-13H3,(H,36,40)/b25-21+/t27-,28+,29-/m0/s1. The number of benzene rings is 1. The second kappa shape index (κ2) is 14.2. The van der Waals surface area contributed by atoms with E-state index in [1.807, 2.05) is 52.5 Å². The number of hydrogen-bond acceptors (Lipinski definition) is 5. The lowest BCUT2D eigenvalue weighted by atomic mass is 9.76. The summed E-state index contributed by atoms with van der Waals surface area (Å²) in [5.74, 6) is -0.315. The van der Waals surface area contributed by atoms with Crippen LogP contribution in [0.1, 0.15) is 72.1 Å². The van der Waals surface area contributed by atoms with Gasteiger partial charge in [-0.1, -0.05) is 72.7 Å². The first-order chi connectivity index (χ1) is 19.3. The maximum Gasteiger partial charge on any atom is 0.249 e. The van der Waals surface area contributed by atoms with Crippen LogP contribution >= 0.6 is 0 Å². The van der Waals surface area contributed by atoms with Gasteiger partial charge >= 0.3 is 0 Å². The molecule has 0 bridgehead atoms. The molecule has 0 saturated carbocycles. The van der Waals surface area contributed by atoms with Crippen LogP contribution in [0.2, 0.25) is 0 Å². The minimum absolute atomic E-state index is 0.0145. The largest absolute Gasteiger partial charge is 0.342 e. The van der Waals surface area contributed by atoms with Gasteiger partial charge in [-0.25, -0.2) is 0 Å². The number of nitrogens with one attached hydrogen (secondary N) is 2. The van der Waals surface area contributed by atoms with E-state index < -0.39 is 22.9 Å². The summed E-state index contributed by atoms with van der Waals surface area (Å²) in [5, 5.41) is 6.34. The van der Waals surface area contributed by atoms with Crippen molar-refractivity contribution in [3.05, 3.63) is 46.5 Å². The van der Waals surface area contributed by atoms with Crippen molar-refractivity contribution in [2.45, 2.75) is 92.8 Å². The highest BCUT2D eigenvalue weighted by Crippen LogP contribution is 2.30. The monoisotopic (exact) mass is 583 g/mol. The number of carbonyl (C=O) groups is 3. The van der Waals surface area contributed by atoms with E-state index in [-0.39, 0.29) is 29.7 Å². The number of piperazine rings is 1. The van der Waals surface area contributed by atoms with Crippen LogP contribution in [0.5, 0.6) is 0 Å². The first-order valence-electron chi connectivity index (χ1n) is 15.3. The van der Waals surface area contributed by atoms with Crippen molar-refractivity contribution in [2.24, 2.45) is 11.3 Å². The van der Waals surface area contributed by atoms with Crippen molar-refractivity contribution in [2.75, 3.05) is 47.3 Å². The molecule has 2 rings (SSSR count). The fourth-order valence-electron chi connectivity index (χ4n) is 5.69. The molecule has 8 heteroatoms. The van der Waals surface area contributed by atoms with Gasteiger partial charge in [-0.15, -0.1) is 0 Å². The molecule has 3 amide bonds. The molecule has 0 aromatic heterocycles. The van der Waals surface area contributed by atoms with Gasteiger partial charge in [0, 0.05) is 44.2 Å². The lowest BCUT2D eigenvalue weighted by Gasteiger charge is -2.40. The molecular weight excluding hydrogens is 526 g/mol. The zero-order valence-corrected chi connectivity index (χ0v) is 28.5. The first-order valence-corrected chi connectivity index (χ1v) is 15.3. The van der Waals surface area contributed by atoms with Crippen LogP contribution in [0.15, 0.2) is 29.8 Å². The van der Waals surface area contributed by atoms with Gasteiger partial charge < -0.3 is 25.3 Å². The smallest absolute Gasteiger partial charge is 0.249 e. The quantitative estimate of drug-likeness (QED) is 0.408. The predicted octanol–water partition coefficient (Wildman–Crippen LogP) is 3.90. The number of likely N-dealkylation sites (N-methyl/N-ethyl adjacent to an activating group) is 3. The number of amides is 3. The van der Waals surface area contributed by atoms with Crippen LogP contribution in [0, 0.1) is 25.2 Å². The zero-order valence-electron chi connectivity index (χ0n) is 28.5. The Morgan fingerprint density at radius 3 is 2.00 bits per heavy atom. The van der Waals surface area contributed by atoms with Gasteiger partial charge in [-0.3, -0.25) is 14.4 Å². The lowest BCUT2D eigenvalue weighted by molar-refractivity contribution is -0.141. The minimum Gasteiger partial charge on any atom is -0.342 e. The van der Waals surface area contributed by atoms with Crippen LogP contribution < -0.4 is 10.6 Å². The summed E-state index contributed by atoms with van der Waals surface area (Å²) in [4.78, 5) is 47.1. The predicted molar refractivity (Wildman–Crippen MR) is 172 cm³/mol. The molecular formula is C34H57N5O3. The van der Waals surface area contributed by atoms with E-state index in [4.69, 9.17) is 0 Å². The van der Waals surface area contributed by atoms with Gasteiger partial charge in [-0.2, -0.15) is 0 Å². The van der Waals surface area contributed by atoms with E-state index in [1.54, 1.807) is 19.0 Å². The number of rotatable bonds is 10. The summed E-state index contributed by atoms with van der Waals surface area (Å²) in [7, 11) is 5.62. The third kappa shape index (κ3) is 8.44. The fourth-order valence-corrected chi connectivity index (χ4v) is 5.69. The maximum atomic E-state index is 14.1. The van der Waals surface area contributed by atoms with E-state index >= 15 is 0 Å². The van der Waals surface area contributed by atoms with Crippen LogP contribution in [-0.4, -0.2) is 97.9 Å². The Kier molecular flexibility index (Phi) is 12.0. The molecule has 2 N–H and O–H groups in total. The summed E-state index contributed by atoms with van der Waals surface area (Å²) in [6.45, 7) is 23.2. The molecule has 1 aromatic rings. The van der Waals surface area contributed by atoms with E-state index in [0.29, 0.717) is 18.7 Å². The molecule has 1 aromatic carbocycles. The van der Waals surface area contributed by atoms with Crippen molar-refractivity contribution in [3.63, 3.8) is 0 Å². The van der Waals surface area contributed by atoms with Crippen molar-refractivity contribution < 1.29 is 14.4 Å². The van der Waals surface area contributed by atoms with Gasteiger partial charge in [-0.05, 0) is 62.9 Å². The van der Waals surface area contributed by atoms with Gasteiger partial charge in [0.1, 0.15) is 6.04 Å². The number of carbonyl (C=O) groups excluding carboxylic acids is 3. The van der Waals surface area contributed by atoms with E-state index in [1.165, 1.54) is 11.1 Å². The third-order valence-corrected chi connectivity index (χ3v) is 8.95. The fraction of sp³-hybridized carbons (Fsp3) is 0.676. The van der Waals surface area contributed by atoms with Crippen LogP contribution in [0.3, 0.4) is 0 Å². The van der Waals surface area contributed by atoms with Gasteiger partial charge in [0.15, 0.2) is 0 Å². The Morgan fingerprint density at radius 2 is 1.52 bits per heavy atom. The second-order valence-electron chi connectivity index (χ2n) is 14.2. The molecule has 1 heterocycles. The molecule has 0 radical (unpaired) electrons. The number of hydrogen-bond donors (Lipinski definition) is 2. The Balaban J connectivity index is 2.32. The van der Waals surface area contributed by atoms with E-state index in [9.17, 15) is 14.4 Å². The molecule has 1 fully saturated rings. The highest BCUT2D eigenvalue weighted by Gasteiger charge is 2.41. The van der Waals surface area contributed by atoms with Crippen molar-refractivity contribution in [3.8, 4) is 0 Å². The van der Waals surface area contributed by atoms with E-state index in [2.05, 4.69) is 68.5 Å². The molecule has 1 aliphatic heterocycles. The Morgan fingerprint density at radius 1 is 0.952 bits per heavy atom. The van der Waals surface area contributed by atoms with Gasteiger partial charge in [0.05, 0.1) is 12.1 Å². The second-order valence-corrected chi connectivity index (χ2v) is 14.2. The maximum absolute atomic E-state index is 14.1. The highest BCUT2D eigenvalue weighted by molar-refractivity contribution is 5.94. The molecule has 8 nitrogen and oxygen atoms in total. The molecule has 0 spiro atoms. The molecule has 0 aliphatic carbocycles. The summed E-state index contributed by atoms with van der Waals surface area (Å²) in [6, 6.07) is 4.67. The zero-order chi connectivity index (χ0) is 32.2. The van der Waals surface area contributed by atoms with Crippen molar-refractivity contribution in [1.82, 2.24) is 25.3 Å². The van der Waals surface area contributed by atoms with Crippen LogP contribution in [0.4, 0.5) is 0 Å². The molecule has 1 saturated heterocycles. The Hall–Kier alpha value is -2.71. The summed E-state index contributed by atoms with van der Waals surface area (Å²) in [6.07, 6.45) is 1.92. The first kappa shape index (κ1) is 35.5. The number of nitrogens with zero attached hydrogens (tertiary/aromatic N) is 3. The van der Waals surface area contributed by atoms with Crippen molar-refractivity contribution in [1.29, 1.82) is 0 Å². The van der Waals surface area contributed by atoms with Crippen molar-refractivity contribution >= 4 is 17.7 Å². The normalized spacial score (nSPS) is 17.6. The summed E-state index contributed by atoms with van der Waals surface area (Å²) in [5.41, 5.74) is 3.00. The molecule has 0 unspecified atom stereocenters. The minimum atomic E-state index is -0.760. The molecule has 1 aliphatic rings. The topological polar surface area (TPSA) is 85.0 Å². The average molecular weight is 584 g/mol. The highest BCUT2D eigenvalue weighted by atomic mass is 16.2. The van der Waals surface area contributed by atoms with Gasteiger partial charge in [0.2, 0.25) is 17.7 Å². The average Bonchev–Trinajstić information content (AvgIpc) is 2.90. The Labute approximate surface area is 255 Å². The third-order valence-electron chi connectivity index (χ3n) is 8.95. The van der Waals surface area contributed by atoms with E-state index in [0.717, 1.165) is 18.7 Å². The molecule has 42 heavy (non-hydrogen) atoms. The van der Waals surface area contributed by atoms with Gasteiger partial charge in [0.25, 0.3) is 0 Å². The summed E-state index contributed by atoms with van der Waals surface area (Å²) < 4.78 is 0. The summed E-state index contributed by atoms with van der Waals surface area (Å²) >= 11 is 0. The molecule has 3 atom stereocenters. The van der Waals surface area contributed by atoms with Crippen LogP contribution in [0.25, 0.3) is 0 Å². The lowest BCUT2D eigenvalue weighted by Crippen LogP contribution is -2.61. The van der Waals surface area contributed by atoms with Crippen LogP contribution in [-0.2, 0) is 19.8 Å². The molecule has 236 valence electrons. The Bertz CT molecular complexity index is 1140. The SMILES string of the molecule is CN[C@H](C(=O)N[C@@H](C(=O)N(C)[C@@H](/C=C(\C)C(=O)N1CCN(C)CC1)C(C)C)C(C)(C)C)C(C)(C)c1ccc(C)c(C)c1.